The summed E-state index contributed by atoms with van der Waals surface area (Å²) in [7, 11) is 0. The molecule has 0 bridgehead atoms. The van der Waals surface area contributed by atoms with Crippen molar-refractivity contribution in [2.24, 2.45) is 0 Å². The summed E-state index contributed by atoms with van der Waals surface area (Å²) in [4.78, 5) is 10.2. The maximum absolute atomic E-state index is 10.2. The SMILES string of the molecule is CCCCCC=CCC[C@@H](O)CC(=O)O. The lowest BCUT2D eigenvalue weighted by Crippen LogP contribution is -2.12. The molecule has 0 aromatic heterocycles. The largest absolute Gasteiger partial charge is 0.481 e. The van der Waals surface area contributed by atoms with E-state index in [9.17, 15) is 9.90 Å². The quantitative estimate of drug-likeness (QED) is 0.458. The maximum Gasteiger partial charge on any atom is 0.305 e. The maximum atomic E-state index is 10.2. The molecule has 0 rings (SSSR count). The fourth-order valence-electron chi connectivity index (χ4n) is 1.34. The number of allylic oxidation sites excluding steroid dienone is 2. The zero-order valence-corrected chi connectivity index (χ0v) is 9.48. The number of carboxylic acid groups (broad SMARTS) is 1. The van der Waals surface area contributed by atoms with E-state index in [0.29, 0.717) is 6.42 Å². The molecule has 0 aromatic rings. The van der Waals surface area contributed by atoms with Gasteiger partial charge in [0.15, 0.2) is 0 Å². The highest BCUT2D eigenvalue weighted by molar-refractivity contribution is 5.67. The van der Waals surface area contributed by atoms with Gasteiger partial charge in [0.1, 0.15) is 0 Å². The van der Waals surface area contributed by atoms with Crippen molar-refractivity contribution in [2.75, 3.05) is 0 Å². The van der Waals surface area contributed by atoms with Gasteiger partial charge in [-0.1, -0.05) is 31.9 Å². The van der Waals surface area contributed by atoms with E-state index < -0.39 is 12.1 Å². The molecular weight excluding hydrogens is 192 g/mol. The molecule has 0 saturated carbocycles. The summed E-state index contributed by atoms with van der Waals surface area (Å²) < 4.78 is 0. The second-order valence-electron chi connectivity index (χ2n) is 3.80. The van der Waals surface area contributed by atoms with E-state index in [4.69, 9.17) is 5.11 Å². The van der Waals surface area contributed by atoms with E-state index in [2.05, 4.69) is 13.0 Å². The monoisotopic (exact) mass is 214 g/mol. The van der Waals surface area contributed by atoms with Crippen molar-refractivity contribution < 1.29 is 15.0 Å². The molecule has 0 amide bonds. The molecule has 0 heterocycles. The Labute approximate surface area is 91.8 Å². The van der Waals surface area contributed by atoms with Crippen LogP contribution in [0.4, 0.5) is 0 Å². The molecular formula is C12H22O3. The van der Waals surface area contributed by atoms with Gasteiger partial charge < -0.3 is 10.2 Å². The number of hydrogen-bond donors (Lipinski definition) is 2. The number of unbranched alkanes of at least 4 members (excludes halogenated alkanes) is 3. The highest BCUT2D eigenvalue weighted by Gasteiger charge is 2.07. The highest BCUT2D eigenvalue weighted by atomic mass is 16.4. The van der Waals surface area contributed by atoms with E-state index in [1.165, 1.54) is 19.3 Å². The van der Waals surface area contributed by atoms with Gasteiger partial charge >= 0.3 is 5.97 Å². The van der Waals surface area contributed by atoms with Gasteiger partial charge in [-0.05, 0) is 25.7 Å². The molecule has 2 N–H and O–H groups in total. The van der Waals surface area contributed by atoms with E-state index in [0.717, 1.165) is 12.8 Å². The summed E-state index contributed by atoms with van der Waals surface area (Å²) in [5, 5.41) is 17.7. The lowest BCUT2D eigenvalue weighted by atomic mass is 10.1. The van der Waals surface area contributed by atoms with Crippen LogP contribution in [0.3, 0.4) is 0 Å². The number of carboxylic acids is 1. The molecule has 0 saturated heterocycles. The van der Waals surface area contributed by atoms with E-state index in [-0.39, 0.29) is 6.42 Å². The summed E-state index contributed by atoms with van der Waals surface area (Å²) in [5.74, 6) is -0.936. The zero-order chi connectivity index (χ0) is 11.5. The predicted octanol–water partition coefficient (Wildman–Crippen LogP) is 2.74. The average Bonchev–Trinajstić information content (AvgIpc) is 2.15. The third kappa shape index (κ3) is 11.1. The molecule has 1 atom stereocenters. The fourth-order valence-corrected chi connectivity index (χ4v) is 1.34. The molecule has 0 aliphatic rings. The highest BCUT2D eigenvalue weighted by Crippen LogP contribution is 2.04. The Morgan fingerprint density at radius 3 is 2.53 bits per heavy atom. The zero-order valence-electron chi connectivity index (χ0n) is 9.48. The molecule has 0 radical (unpaired) electrons. The smallest absolute Gasteiger partial charge is 0.305 e. The van der Waals surface area contributed by atoms with Crippen molar-refractivity contribution in [3.8, 4) is 0 Å². The Morgan fingerprint density at radius 1 is 1.27 bits per heavy atom. The van der Waals surface area contributed by atoms with Gasteiger partial charge in [0.2, 0.25) is 0 Å². The molecule has 3 nitrogen and oxygen atoms in total. The minimum atomic E-state index is -0.936. The molecule has 88 valence electrons. The van der Waals surface area contributed by atoms with Crippen LogP contribution in [0, 0.1) is 0 Å². The van der Waals surface area contributed by atoms with Crippen molar-refractivity contribution in [2.45, 2.75) is 58.0 Å². The first-order valence-corrected chi connectivity index (χ1v) is 5.71. The molecule has 0 aromatic carbocycles. The van der Waals surface area contributed by atoms with Gasteiger partial charge in [-0.15, -0.1) is 0 Å². The van der Waals surface area contributed by atoms with Crippen LogP contribution < -0.4 is 0 Å². The first-order valence-electron chi connectivity index (χ1n) is 5.71. The first kappa shape index (κ1) is 14.2. The fraction of sp³-hybridized carbons (Fsp3) is 0.750. The Hall–Kier alpha value is -0.830. The molecule has 3 heteroatoms. The second kappa shape index (κ2) is 9.71. The first-order chi connectivity index (χ1) is 7.16. The van der Waals surface area contributed by atoms with Crippen LogP contribution in [0.25, 0.3) is 0 Å². The molecule has 0 aliphatic carbocycles. The van der Waals surface area contributed by atoms with Crippen LogP contribution in [0.2, 0.25) is 0 Å². The third-order valence-corrected chi connectivity index (χ3v) is 2.22. The van der Waals surface area contributed by atoms with E-state index in [1.54, 1.807) is 0 Å². The summed E-state index contributed by atoms with van der Waals surface area (Å²) in [6.07, 6.45) is 9.37. The average molecular weight is 214 g/mol. The normalized spacial score (nSPS) is 13.2. The number of carbonyl (C=O) groups is 1. The van der Waals surface area contributed by atoms with Gasteiger partial charge in [-0.25, -0.2) is 0 Å². The molecule has 0 aliphatic heterocycles. The lowest BCUT2D eigenvalue weighted by Gasteiger charge is -2.04. The summed E-state index contributed by atoms with van der Waals surface area (Å²) in [6.45, 7) is 2.17. The lowest BCUT2D eigenvalue weighted by molar-refractivity contribution is -0.139. The van der Waals surface area contributed by atoms with E-state index in [1.807, 2.05) is 6.08 Å². The van der Waals surface area contributed by atoms with Crippen LogP contribution in [0.15, 0.2) is 12.2 Å². The van der Waals surface area contributed by atoms with Crippen LogP contribution >= 0.6 is 0 Å². The summed E-state index contributed by atoms with van der Waals surface area (Å²) >= 11 is 0. The standard InChI is InChI=1S/C12H22O3/c1-2-3-4-5-6-7-8-9-11(13)10-12(14)15/h6-7,11,13H,2-5,8-10H2,1H3,(H,14,15)/t11-/m1/s1. The molecule has 0 unspecified atom stereocenters. The predicted molar refractivity (Wildman–Crippen MR) is 60.8 cm³/mol. The van der Waals surface area contributed by atoms with Crippen molar-refractivity contribution in [1.82, 2.24) is 0 Å². The number of aliphatic hydroxyl groups excluding tert-OH is 1. The van der Waals surface area contributed by atoms with Gasteiger partial charge in [-0.2, -0.15) is 0 Å². The Morgan fingerprint density at radius 2 is 1.93 bits per heavy atom. The van der Waals surface area contributed by atoms with Crippen molar-refractivity contribution in [1.29, 1.82) is 0 Å². The summed E-state index contributed by atoms with van der Waals surface area (Å²) in [6, 6.07) is 0. The number of hydrogen-bond acceptors (Lipinski definition) is 2. The molecule has 15 heavy (non-hydrogen) atoms. The Balaban J connectivity index is 3.32. The van der Waals surface area contributed by atoms with Crippen LogP contribution in [0.5, 0.6) is 0 Å². The van der Waals surface area contributed by atoms with Gasteiger partial charge in [-0.3, -0.25) is 4.79 Å². The molecule has 0 spiro atoms. The summed E-state index contributed by atoms with van der Waals surface area (Å²) in [5.41, 5.74) is 0. The Kier molecular flexibility index (Phi) is 9.18. The van der Waals surface area contributed by atoms with Gasteiger partial charge in [0.25, 0.3) is 0 Å². The number of rotatable bonds is 9. The molecule has 0 fully saturated rings. The van der Waals surface area contributed by atoms with Gasteiger partial charge in [0.05, 0.1) is 12.5 Å². The minimum Gasteiger partial charge on any atom is -0.481 e. The third-order valence-electron chi connectivity index (χ3n) is 2.22. The van der Waals surface area contributed by atoms with Crippen LogP contribution in [0.1, 0.15) is 51.9 Å². The van der Waals surface area contributed by atoms with E-state index >= 15 is 0 Å². The number of aliphatic hydroxyl groups is 1. The van der Waals surface area contributed by atoms with Crippen molar-refractivity contribution in [3.05, 3.63) is 12.2 Å². The van der Waals surface area contributed by atoms with Crippen molar-refractivity contribution in [3.63, 3.8) is 0 Å². The van der Waals surface area contributed by atoms with Crippen molar-refractivity contribution >= 4 is 5.97 Å². The minimum absolute atomic E-state index is 0.149. The topological polar surface area (TPSA) is 57.5 Å². The Bertz CT molecular complexity index is 187. The second-order valence-corrected chi connectivity index (χ2v) is 3.80. The van der Waals surface area contributed by atoms with Crippen LogP contribution in [-0.4, -0.2) is 22.3 Å². The van der Waals surface area contributed by atoms with Crippen LogP contribution in [-0.2, 0) is 4.79 Å². The number of aliphatic carboxylic acids is 1. The van der Waals surface area contributed by atoms with Gasteiger partial charge in [0, 0.05) is 0 Å².